The number of nitrogens with zero attached hydrogens (tertiary/aromatic N) is 1. The summed E-state index contributed by atoms with van der Waals surface area (Å²) in [5, 5.41) is 2.86. The van der Waals surface area contributed by atoms with Gasteiger partial charge in [0.2, 0.25) is 0 Å². The topological polar surface area (TPSA) is 37.8 Å². The molecule has 0 spiro atoms. The van der Waals surface area contributed by atoms with Crippen LogP contribution >= 0.6 is 0 Å². The van der Waals surface area contributed by atoms with Crippen molar-refractivity contribution in [2.24, 2.45) is 7.05 Å². The van der Waals surface area contributed by atoms with Crippen molar-refractivity contribution in [1.82, 2.24) is 9.55 Å². The Morgan fingerprint density at radius 2 is 1.63 bits per heavy atom. The van der Waals surface area contributed by atoms with Crippen molar-refractivity contribution in [2.75, 3.05) is 0 Å². The predicted molar refractivity (Wildman–Crippen MR) is 78.6 cm³/mol. The molecule has 2 heterocycles. The van der Waals surface area contributed by atoms with E-state index in [0.717, 1.165) is 32.7 Å². The van der Waals surface area contributed by atoms with Crippen LogP contribution in [0.2, 0.25) is 0 Å². The van der Waals surface area contributed by atoms with Crippen molar-refractivity contribution < 1.29 is 0 Å². The van der Waals surface area contributed by atoms with Crippen molar-refractivity contribution in [1.29, 1.82) is 0 Å². The van der Waals surface area contributed by atoms with E-state index in [2.05, 4.69) is 9.55 Å². The summed E-state index contributed by atoms with van der Waals surface area (Å²) < 4.78 is 2.10. The fourth-order valence-electron chi connectivity index (χ4n) is 2.92. The molecule has 0 aliphatic rings. The summed E-state index contributed by atoms with van der Waals surface area (Å²) >= 11 is 0. The highest BCUT2D eigenvalue weighted by Gasteiger charge is 2.13. The molecule has 2 aromatic carbocycles. The number of benzene rings is 2. The van der Waals surface area contributed by atoms with Crippen LogP contribution in [0.1, 0.15) is 0 Å². The molecule has 0 saturated carbocycles. The largest absolute Gasteiger partial charge is 0.343 e. The van der Waals surface area contributed by atoms with Crippen LogP contribution in [0.5, 0.6) is 0 Å². The fraction of sp³-hybridized carbons (Fsp3) is 0.0625. The van der Waals surface area contributed by atoms with E-state index in [1.165, 1.54) is 0 Å². The zero-order valence-corrected chi connectivity index (χ0v) is 10.5. The maximum Gasteiger partial charge on any atom is 0.258 e. The van der Waals surface area contributed by atoms with Crippen LogP contribution in [0.3, 0.4) is 0 Å². The number of fused-ring (bicyclic) bond motifs is 5. The molecule has 3 heteroatoms. The minimum Gasteiger partial charge on any atom is -0.343 e. The summed E-state index contributed by atoms with van der Waals surface area (Å²) in [6.07, 6.45) is 0. The van der Waals surface area contributed by atoms with Gasteiger partial charge in [0, 0.05) is 23.3 Å². The number of aromatic nitrogens is 2. The van der Waals surface area contributed by atoms with Crippen LogP contribution in [0.4, 0.5) is 0 Å². The van der Waals surface area contributed by atoms with Gasteiger partial charge in [0.25, 0.3) is 5.56 Å². The lowest BCUT2D eigenvalue weighted by atomic mass is 10.1. The van der Waals surface area contributed by atoms with Gasteiger partial charge in [-0.05, 0) is 12.1 Å². The first-order chi connectivity index (χ1) is 9.27. The molecule has 0 aliphatic carbocycles. The van der Waals surface area contributed by atoms with Gasteiger partial charge in [0.05, 0.1) is 16.4 Å². The van der Waals surface area contributed by atoms with Crippen LogP contribution in [0.25, 0.3) is 32.7 Å². The first-order valence-electron chi connectivity index (χ1n) is 6.25. The molecule has 3 nitrogen and oxygen atoms in total. The first kappa shape index (κ1) is 10.4. The molecule has 4 rings (SSSR count). The van der Waals surface area contributed by atoms with Crippen LogP contribution in [0, 0.1) is 0 Å². The Hall–Kier alpha value is -2.55. The number of rotatable bonds is 0. The zero-order chi connectivity index (χ0) is 13.0. The molecule has 1 N–H and O–H groups in total. The average molecular weight is 248 g/mol. The summed E-state index contributed by atoms with van der Waals surface area (Å²) in [4.78, 5) is 15.3. The van der Waals surface area contributed by atoms with E-state index in [1.807, 2.05) is 55.6 Å². The maximum absolute atomic E-state index is 12.4. The van der Waals surface area contributed by atoms with Crippen molar-refractivity contribution in [3.63, 3.8) is 0 Å². The lowest BCUT2D eigenvalue weighted by molar-refractivity contribution is 1.02. The summed E-state index contributed by atoms with van der Waals surface area (Å²) in [5.74, 6) is 0. The van der Waals surface area contributed by atoms with Crippen molar-refractivity contribution in [3.05, 3.63) is 58.9 Å². The number of nitrogens with one attached hydrogen (secondary N) is 1. The molecule has 0 amide bonds. The molecule has 0 fully saturated rings. The highest BCUT2D eigenvalue weighted by atomic mass is 16.1. The third kappa shape index (κ3) is 1.24. The third-order valence-electron chi connectivity index (χ3n) is 3.76. The van der Waals surface area contributed by atoms with E-state index < -0.39 is 0 Å². The molecular formula is C16H12N2O. The van der Waals surface area contributed by atoms with Gasteiger partial charge in [-0.25, -0.2) is 0 Å². The Morgan fingerprint density at radius 1 is 0.947 bits per heavy atom. The monoisotopic (exact) mass is 248 g/mol. The van der Waals surface area contributed by atoms with Crippen LogP contribution in [-0.2, 0) is 7.05 Å². The molecule has 0 unspecified atom stereocenters. The molecule has 4 aromatic rings. The van der Waals surface area contributed by atoms with Gasteiger partial charge in [-0.1, -0.05) is 36.4 Å². The molecule has 0 atom stereocenters. The second-order valence-electron chi connectivity index (χ2n) is 4.80. The van der Waals surface area contributed by atoms with Crippen molar-refractivity contribution >= 4 is 32.7 Å². The number of aromatic amines is 1. The van der Waals surface area contributed by atoms with Gasteiger partial charge in [-0.15, -0.1) is 0 Å². The van der Waals surface area contributed by atoms with Crippen LogP contribution in [-0.4, -0.2) is 9.55 Å². The Kier molecular flexibility index (Phi) is 1.90. The number of pyridine rings is 1. The lowest BCUT2D eigenvalue weighted by Gasteiger charge is -2.02. The van der Waals surface area contributed by atoms with Gasteiger partial charge in [-0.2, -0.15) is 0 Å². The summed E-state index contributed by atoms with van der Waals surface area (Å²) in [6, 6.07) is 15.9. The Bertz CT molecular complexity index is 992. The molecule has 19 heavy (non-hydrogen) atoms. The summed E-state index contributed by atoms with van der Waals surface area (Å²) in [7, 11) is 2.01. The zero-order valence-electron chi connectivity index (χ0n) is 10.5. The summed E-state index contributed by atoms with van der Waals surface area (Å²) in [5.41, 5.74) is 2.94. The molecule has 0 radical (unpaired) electrons. The normalized spacial score (nSPS) is 11.6. The van der Waals surface area contributed by atoms with Gasteiger partial charge in [0.1, 0.15) is 0 Å². The van der Waals surface area contributed by atoms with Crippen LogP contribution < -0.4 is 5.56 Å². The molecule has 0 saturated heterocycles. The highest BCUT2D eigenvalue weighted by Crippen LogP contribution is 2.29. The smallest absolute Gasteiger partial charge is 0.258 e. The number of hydrogen-bond acceptors (Lipinski definition) is 1. The van der Waals surface area contributed by atoms with Gasteiger partial charge in [0.15, 0.2) is 0 Å². The quantitative estimate of drug-likeness (QED) is 0.510. The van der Waals surface area contributed by atoms with Gasteiger partial charge >= 0.3 is 0 Å². The van der Waals surface area contributed by atoms with E-state index in [0.29, 0.717) is 0 Å². The number of H-pyrrole nitrogens is 1. The summed E-state index contributed by atoms with van der Waals surface area (Å²) in [6.45, 7) is 0. The third-order valence-corrected chi connectivity index (χ3v) is 3.76. The van der Waals surface area contributed by atoms with Gasteiger partial charge in [-0.3, -0.25) is 4.79 Å². The first-order valence-corrected chi connectivity index (χ1v) is 6.25. The minimum atomic E-state index is -0.0227. The van der Waals surface area contributed by atoms with Crippen molar-refractivity contribution in [3.8, 4) is 0 Å². The molecular weight excluding hydrogens is 236 g/mol. The second-order valence-corrected chi connectivity index (χ2v) is 4.80. The Balaban J connectivity index is 2.47. The number of aryl methyl sites for hydroxylation is 1. The maximum atomic E-state index is 12.4. The SMILES string of the molecule is Cn1c2ccccc2c2c(=O)[nH]c3ccccc3c21. The molecule has 0 aliphatic heterocycles. The van der Waals surface area contributed by atoms with Crippen molar-refractivity contribution in [2.45, 2.75) is 0 Å². The molecule has 2 aromatic heterocycles. The average Bonchev–Trinajstić information content (AvgIpc) is 2.74. The second kappa shape index (κ2) is 3.48. The van der Waals surface area contributed by atoms with E-state index in [4.69, 9.17) is 0 Å². The molecule has 92 valence electrons. The van der Waals surface area contributed by atoms with Crippen LogP contribution in [0.15, 0.2) is 53.3 Å². The Labute approximate surface area is 109 Å². The van der Waals surface area contributed by atoms with E-state index >= 15 is 0 Å². The predicted octanol–water partition coefficient (Wildman–Crippen LogP) is 3.17. The minimum absolute atomic E-state index is 0.0227. The number of para-hydroxylation sites is 2. The standard InChI is InChI=1S/C16H12N2O/c1-18-13-9-5-3-7-11(13)14-15(18)10-6-2-4-8-12(10)17-16(14)19/h2-9H,1H3,(H,17,19). The molecule has 0 bridgehead atoms. The fourth-order valence-corrected chi connectivity index (χ4v) is 2.92. The highest BCUT2D eigenvalue weighted by molar-refractivity contribution is 6.16. The van der Waals surface area contributed by atoms with E-state index in [-0.39, 0.29) is 5.56 Å². The number of hydrogen-bond donors (Lipinski definition) is 1. The van der Waals surface area contributed by atoms with E-state index in [1.54, 1.807) is 0 Å². The van der Waals surface area contributed by atoms with E-state index in [9.17, 15) is 4.79 Å². The lowest BCUT2D eigenvalue weighted by Crippen LogP contribution is -2.06. The Morgan fingerprint density at radius 3 is 2.47 bits per heavy atom. The van der Waals surface area contributed by atoms with Gasteiger partial charge < -0.3 is 9.55 Å².